The third-order valence-corrected chi connectivity index (χ3v) is 8.82. The zero-order chi connectivity index (χ0) is 24.3. The highest BCUT2D eigenvalue weighted by Crippen LogP contribution is 2.53. The fourth-order valence-corrected chi connectivity index (χ4v) is 6.92. The molecule has 0 saturated heterocycles. The van der Waals surface area contributed by atoms with Gasteiger partial charge >= 0.3 is 0 Å². The van der Waals surface area contributed by atoms with E-state index in [0.29, 0.717) is 22.6 Å². The smallest absolute Gasteiger partial charge is 0.291 e. The van der Waals surface area contributed by atoms with Crippen molar-refractivity contribution in [2.45, 2.75) is 75.4 Å². The predicted molar refractivity (Wildman–Crippen MR) is 128 cm³/mol. The van der Waals surface area contributed by atoms with Crippen LogP contribution in [0.1, 0.15) is 69.3 Å². The Morgan fingerprint density at radius 1 is 1.29 bits per heavy atom. The number of nitrogens with two attached hydrogens (primary N) is 1. The highest BCUT2D eigenvalue weighted by atomic mass is 32.2. The number of carbonyl (C=O) groups excluding carboxylic acids is 2. The van der Waals surface area contributed by atoms with E-state index in [1.165, 1.54) is 50.3 Å². The number of rotatable bonds is 11. The molecular weight excluding hydrogens is 459 g/mol. The average Bonchev–Trinajstić information content (AvgIpc) is 3.27. The van der Waals surface area contributed by atoms with Gasteiger partial charge in [0.2, 0.25) is 11.4 Å². The number of carbonyl (C=O) groups is 2. The second kappa shape index (κ2) is 10.8. The van der Waals surface area contributed by atoms with Crippen molar-refractivity contribution in [3.63, 3.8) is 0 Å². The summed E-state index contributed by atoms with van der Waals surface area (Å²) < 4.78 is 25.8. The largest absolute Gasteiger partial charge is 0.471 e. The summed E-state index contributed by atoms with van der Waals surface area (Å²) in [5.74, 6) is 2.36. The van der Waals surface area contributed by atoms with Crippen LogP contribution in [0.3, 0.4) is 0 Å². The third kappa shape index (κ3) is 5.37. The van der Waals surface area contributed by atoms with E-state index in [0.717, 1.165) is 25.0 Å². The van der Waals surface area contributed by atoms with Gasteiger partial charge in [-0.15, -0.1) is 11.8 Å². The van der Waals surface area contributed by atoms with E-state index in [1.54, 1.807) is 0 Å². The Bertz CT molecular complexity index is 879. The van der Waals surface area contributed by atoms with Crippen LogP contribution in [-0.2, 0) is 4.79 Å². The van der Waals surface area contributed by atoms with Gasteiger partial charge in [-0.3, -0.25) is 9.59 Å². The van der Waals surface area contributed by atoms with Crippen LogP contribution in [-0.4, -0.2) is 54.1 Å². The van der Waals surface area contributed by atoms with Crippen molar-refractivity contribution in [2.24, 2.45) is 29.4 Å². The number of nitrogens with one attached hydrogen (secondary N) is 2. The van der Waals surface area contributed by atoms with Crippen LogP contribution in [0, 0.1) is 23.7 Å². The van der Waals surface area contributed by atoms with E-state index >= 15 is 0 Å². The lowest BCUT2D eigenvalue weighted by Gasteiger charge is -2.29. The molecule has 4 N–H and O–H groups in total. The van der Waals surface area contributed by atoms with Crippen molar-refractivity contribution in [3.8, 4) is 5.88 Å². The summed E-state index contributed by atoms with van der Waals surface area (Å²) in [5.41, 5.74) is 3.09. The molecule has 4 rings (SSSR count). The lowest BCUT2D eigenvalue weighted by Crippen LogP contribution is -2.46. The fourth-order valence-electron chi connectivity index (χ4n) is 6.03. The van der Waals surface area contributed by atoms with Gasteiger partial charge < -0.3 is 25.6 Å². The molecule has 0 aliphatic heterocycles. The SMILES string of the molecule is CCCSc1c(OCC(C)(F)C(=O)NCCN)noc1C(=O)NC1C2CC3CCCC1C(C3)C2. The number of nitrogens with zero attached hydrogens (tertiary/aromatic N) is 1. The second-order valence-electron chi connectivity index (χ2n) is 10.2. The molecule has 3 aliphatic rings. The van der Waals surface area contributed by atoms with Crippen LogP contribution in [0.5, 0.6) is 5.88 Å². The number of aromatic nitrogens is 1. The molecule has 1 aromatic rings. The van der Waals surface area contributed by atoms with Crippen molar-refractivity contribution in [3.05, 3.63) is 5.76 Å². The van der Waals surface area contributed by atoms with Gasteiger partial charge in [-0.05, 0) is 73.6 Å². The van der Waals surface area contributed by atoms with Crippen molar-refractivity contribution in [1.29, 1.82) is 0 Å². The maximum atomic E-state index is 14.8. The summed E-state index contributed by atoms with van der Waals surface area (Å²) in [6, 6.07) is 0.168. The van der Waals surface area contributed by atoms with Crippen molar-refractivity contribution >= 4 is 23.6 Å². The van der Waals surface area contributed by atoms with Gasteiger partial charge in [0.15, 0.2) is 0 Å². The van der Waals surface area contributed by atoms with Crippen LogP contribution < -0.4 is 21.1 Å². The molecule has 1 heterocycles. The topological polar surface area (TPSA) is 119 Å². The molecule has 3 bridgehead atoms. The Labute approximate surface area is 204 Å². The molecule has 190 valence electrons. The average molecular weight is 497 g/mol. The summed E-state index contributed by atoms with van der Waals surface area (Å²) in [6.45, 7) is 3.01. The summed E-state index contributed by atoms with van der Waals surface area (Å²) >= 11 is 1.40. The van der Waals surface area contributed by atoms with Gasteiger partial charge in [0.1, 0.15) is 11.5 Å². The lowest BCUT2D eigenvalue weighted by atomic mass is 9.79. The number of fused-ring (bicyclic) bond motifs is 2. The minimum absolute atomic E-state index is 0.0435. The molecule has 0 radical (unpaired) electrons. The number of alkyl halides is 1. The second-order valence-corrected chi connectivity index (χ2v) is 11.3. The molecule has 6 atom stereocenters. The molecule has 0 spiro atoms. The normalized spacial score (nSPS) is 29.4. The van der Waals surface area contributed by atoms with Crippen LogP contribution in [0.4, 0.5) is 4.39 Å². The highest BCUT2D eigenvalue weighted by molar-refractivity contribution is 7.99. The summed E-state index contributed by atoms with van der Waals surface area (Å²) in [6.07, 6.45) is 8.30. The lowest BCUT2D eigenvalue weighted by molar-refractivity contribution is -0.133. The Balaban J connectivity index is 1.45. The van der Waals surface area contributed by atoms with Gasteiger partial charge in [0, 0.05) is 19.1 Å². The molecule has 2 amide bonds. The minimum atomic E-state index is -2.28. The van der Waals surface area contributed by atoms with Gasteiger partial charge in [0.25, 0.3) is 17.7 Å². The van der Waals surface area contributed by atoms with Crippen LogP contribution >= 0.6 is 11.8 Å². The first-order valence-corrected chi connectivity index (χ1v) is 13.6. The molecular formula is C24H37FN4O4S. The molecule has 3 fully saturated rings. The van der Waals surface area contributed by atoms with E-state index < -0.39 is 18.2 Å². The molecule has 0 aromatic carbocycles. The number of thioether (sulfide) groups is 1. The maximum absolute atomic E-state index is 14.8. The molecule has 3 saturated carbocycles. The molecule has 1 aromatic heterocycles. The molecule has 34 heavy (non-hydrogen) atoms. The maximum Gasteiger partial charge on any atom is 0.291 e. The van der Waals surface area contributed by atoms with Gasteiger partial charge in [-0.25, -0.2) is 4.39 Å². The molecule has 10 heteroatoms. The van der Waals surface area contributed by atoms with Crippen LogP contribution in [0.15, 0.2) is 9.42 Å². The van der Waals surface area contributed by atoms with E-state index in [-0.39, 0.29) is 36.7 Å². The van der Waals surface area contributed by atoms with Crippen molar-refractivity contribution in [2.75, 3.05) is 25.4 Å². The molecule has 6 unspecified atom stereocenters. The summed E-state index contributed by atoms with van der Waals surface area (Å²) in [5, 5.41) is 9.62. The Morgan fingerprint density at radius 3 is 2.85 bits per heavy atom. The van der Waals surface area contributed by atoms with Crippen molar-refractivity contribution in [1.82, 2.24) is 15.8 Å². The Hall–Kier alpha value is -1.81. The quantitative estimate of drug-likeness (QED) is 0.402. The van der Waals surface area contributed by atoms with Gasteiger partial charge in [-0.1, -0.05) is 19.8 Å². The van der Waals surface area contributed by atoms with Gasteiger partial charge in [-0.2, -0.15) is 0 Å². The predicted octanol–water partition coefficient (Wildman–Crippen LogP) is 3.30. The first-order chi connectivity index (χ1) is 16.3. The highest BCUT2D eigenvalue weighted by Gasteiger charge is 2.49. The van der Waals surface area contributed by atoms with Crippen molar-refractivity contribution < 1.29 is 23.2 Å². The number of ether oxygens (including phenoxy) is 1. The monoisotopic (exact) mass is 496 g/mol. The number of hydrogen-bond acceptors (Lipinski definition) is 7. The fraction of sp³-hybridized carbons (Fsp3) is 0.792. The zero-order valence-corrected chi connectivity index (χ0v) is 20.9. The number of amides is 2. The molecule has 3 aliphatic carbocycles. The minimum Gasteiger partial charge on any atom is -0.471 e. The number of hydrogen-bond donors (Lipinski definition) is 3. The number of halogens is 1. The summed E-state index contributed by atoms with van der Waals surface area (Å²) in [4.78, 5) is 25.8. The van der Waals surface area contributed by atoms with Gasteiger partial charge in [0.05, 0.1) is 0 Å². The Morgan fingerprint density at radius 2 is 2.09 bits per heavy atom. The standard InChI is InChI=1S/C24H37FN4O4S/c1-3-9-34-20-19(33-29-22(20)32-13-24(2,25)23(31)27-8-7-26)21(30)28-18-16-11-14-5-4-6-17(18)15(10-14)12-16/h14-18H,3-13,26H2,1-2H3,(H,27,31)(H,28,30). The van der Waals surface area contributed by atoms with E-state index in [2.05, 4.69) is 15.8 Å². The Kier molecular flexibility index (Phi) is 8.07. The van der Waals surface area contributed by atoms with Crippen LogP contribution in [0.25, 0.3) is 0 Å². The third-order valence-electron chi connectivity index (χ3n) is 7.56. The van der Waals surface area contributed by atoms with E-state index in [4.69, 9.17) is 15.0 Å². The van der Waals surface area contributed by atoms with Crippen LogP contribution in [0.2, 0.25) is 0 Å². The van der Waals surface area contributed by atoms with E-state index in [1.807, 2.05) is 6.92 Å². The zero-order valence-electron chi connectivity index (χ0n) is 20.1. The first kappa shape index (κ1) is 25.3. The summed E-state index contributed by atoms with van der Waals surface area (Å²) in [7, 11) is 0. The van der Waals surface area contributed by atoms with E-state index in [9.17, 15) is 14.0 Å². The first-order valence-electron chi connectivity index (χ1n) is 12.6. The molecule has 8 nitrogen and oxygen atoms in total.